The van der Waals surface area contributed by atoms with Gasteiger partial charge in [-0.15, -0.1) is 0 Å². The van der Waals surface area contributed by atoms with Gasteiger partial charge in [0.25, 0.3) is 0 Å². The predicted molar refractivity (Wildman–Crippen MR) is 136 cm³/mol. The van der Waals surface area contributed by atoms with E-state index in [1.54, 1.807) is 6.07 Å². The van der Waals surface area contributed by atoms with Crippen LogP contribution in [-0.4, -0.2) is 73.6 Å². The van der Waals surface area contributed by atoms with E-state index in [2.05, 4.69) is 11.8 Å². The molecule has 6 rings (SSSR count). The van der Waals surface area contributed by atoms with Gasteiger partial charge < -0.3 is 9.64 Å². The lowest BCUT2D eigenvalue weighted by Crippen LogP contribution is -2.56. The molecular formula is C26H38N3O5P. The SMILES string of the molecule is CC[C@H]1C[C@@H]2C[C@H]3c4c(c5cc(OC(C)=O)ccc5n4P(=O)(OC)OCCN(C)C)CCN(C2)[C@@H]13. The molecule has 8 nitrogen and oxygen atoms in total. The van der Waals surface area contributed by atoms with Crippen LogP contribution < -0.4 is 4.74 Å². The molecule has 0 radical (unpaired) electrons. The first-order valence-electron chi connectivity index (χ1n) is 12.8. The predicted octanol–water partition coefficient (Wildman–Crippen LogP) is 4.51. The Bertz CT molecular complexity index is 1160. The van der Waals surface area contributed by atoms with Crippen molar-refractivity contribution in [3.63, 3.8) is 0 Å². The summed E-state index contributed by atoms with van der Waals surface area (Å²) in [7, 11) is 1.75. The summed E-state index contributed by atoms with van der Waals surface area (Å²) in [5.74, 6) is 1.72. The van der Waals surface area contributed by atoms with Gasteiger partial charge in [-0.05, 0) is 69.0 Å². The molecule has 0 N–H and O–H groups in total. The average Bonchev–Trinajstić information content (AvgIpc) is 3.10. The molecule has 2 unspecified atom stereocenters. The van der Waals surface area contributed by atoms with Gasteiger partial charge in [-0.3, -0.25) is 23.1 Å². The number of hydrogen-bond acceptors (Lipinski definition) is 7. The van der Waals surface area contributed by atoms with Crippen molar-refractivity contribution in [2.45, 2.75) is 51.5 Å². The molecule has 4 aliphatic rings. The summed E-state index contributed by atoms with van der Waals surface area (Å²) >= 11 is 0. The fourth-order valence-corrected chi connectivity index (χ4v) is 8.50. The number of likely N-dealkylation sites (N-methyl/N-ethyl adjacent to an activating group) is 1. The first kappa shape index (κ1) is 25.0. The molecule has 1 aliphatic carbocycles. The monoisotopic (exact) mass is 503 g/mol. The van der Waals surface area contributed by atoms with Crippen molar-refractivity contribution in [3.8, 4) is 5.75 Å². The highest BCUT2D eigenvalue weighted by Crippen LogP contribution is 2.59. The molecule has 2 saturated heterocycles. The van der Waals surface area contributed by atoms with E-state index in [0.29, 0.717) is 36.8 Å². The Morgan fingerprint density at radius 3 is 2.74 bits per heavy atom. The van der Waals surface area contributed by atoms with Gasteiger partial charge in [-0.25, -0.2) is 4.57 Å². The molecule has 0 spiro atoms. The maximum absolute atomic E-state index is 14.4. The minimum absolute atomic E-state index is 0.274. The molecule has 1 aromatic carbocycles. The summed E-state index contributed by atoms with van der Waals surface area (Å²) in [6.07, 6.45) is 4.39. The Morgan fingerprint density at radius 1 is 1.26 bits per heavy atom. The van der Waals surface area contributed by atoms with Gasteiger partial charge in [0.15, 0.2) is 0 Å². The fourth-order valence-electron chi connectivity index (χ4n) is 6.83. The van der Waals surface area contributed by atoms with Crippen LogP contribution in [0.25, 0.3) is 10.9 Å². The highest BCUT2D eigenvalue weighted by molar-refractivity contribution is 7.52. The normalized spacial score (nSPS) is 29.1. The lowest BCUT2D eigenvalue weighted by molar-refractivity contribution is -0.131. The summed E-state index contributed by atoms with van der Waals surface area (Å²) in [5, 5.41) is 0.977. The molecule has 0 amide bonds. The summed E-state index contributed by atoms with van der Waals surface area (Å²) in [6, 6.07) is 6.04. The van der Waals surface area contributed by atoms with Gasteiger partial charge in [0.05, 0.1) is 12.1 Å². The Labute approximate surface area is 208 Å². The molecule has 2 aromatic rings. The van der Waals surface area contributed by atoms with E-state index in [1.165, 1.54) is 26.0 Å². The Morgan fingerprint density at radius 2 is 2.06 bits per heavy atom. The first-order chi connectivity index (χ1) is 16.8. The molecule has 1 aromatic heterocycles. The van der Waals surface area contributed by atoms with E-state index in [-0.39, 0.29) is 11.9 Å². The number of esters is 1. The Balaban J connectivity index is 1.70. The average molecular weight is 504 g/mol. The van der Waals surface area contributed by atoms with Crippen LogP contribution in [0, 0.1) is 11.8 Å². The van der Waals surface area contributed by atoms with Crippen molar-refractivity contribution in [2.24, 2.45) is 11.8 Å². The standard InChI is InChI=1S/C26H38N3O5P/c1-6-19-13-18-14-23-25(19)28(16-18)10-9-21-22-15-20(34-17(2)30)7-8-24(22)29(26(21)23)35(31,32-5)33-12-11-27(3)4/h7-8,15,18-19,23,25H,6,9-14,16H2,1-5H3/t18-,19+,23-,25+,35?/m1/s1. The van der Waals surface area contributed by atoms with Gasteiger partial charge in [-0.1, -0.05) is 13.3 Å². The largest absolute Gasteiger partial charge is 0.439 e. The summed E-state index contributed by atoms with van der Waals surface area (Å²) in [4.78, 5) is 16.3. The number of ether oxygens (including phenoxy) is 1. The van der Waals surface area contributed by atoms with E-state index >= 15 is 0 Å². The Hall–Kier alpha value is -1.70. The number of rotatable bonds is 8. The third kappa shape index (κ3) is 4.38. The van der Waals surface area contributed by atoms with Crippen LogP contribution in [0.15, 0.2) is 18.2 Å². The van der Waals surface area contributed by atoms with Crippen molar-refractivity contribution in [1.29, 1.82) is 0 Å². The molecule has 6 atom stereocenters. The van der Waals surface area contributed by atoms with Crippen LogP contribution in [0.5, 0.6) is 5.75 Å². The van der Waals surface area contributed by atoms with Crippen LogP contribution in [-0.2, 0) is 24.8 Å². The van der Waals surface area contributed by atoms with Crippen molar-refractivity contribution in [2.75, 3.05) is 47.4 Å². The van der Waals surface area contributed by atoms with Crippen molar-refractivity contribution < 1.29 is 23.1 Å². The zero-order valence-corrected chi connectivity index (χ0v) is 22.4. The molecule has 3 aliphatic heterocycles. The number of hydrogen-bond donors (Lipinski definition) is 0. The minimum Gasteiger partial charge on any atom is -0.427 e. The minimum atomic E-state index is -3.66. The number of nitrogens with zero attached hydrogens (tertiary/aromatic N) is 3. The Kier molecular flexibility index (Phi) is 6.88. The smallest absolute Gasteiger partial charge is 0.427 e. The van der Waals surface area contributed by atoms with E-state index in [1.807, 2.05) is 35.5 Å². The van der Waals surface area contributed by atoms with E-state index in [4.69, 9.17) is 13.8 Å². The molecule has 4 heterocycles. The maximum Gasteiger partial charge on any atom is 0.439 e. The van der Waals surface area contributed by atoms with Crippen LogP contribution in [0.4, 0.5) is 0 Å². The van der Waals surface area contributed by atoms with Crippen LogP contribution in [0.2, 0.25) is 0 Å². The number of carbonyl (C=O) groups excluding carboxylic acids is 1. The molecule has 35 heavy (non-hydrogen) atoms. The van der Waals surface area contributed by atoms with Crippen LogP contribution >= 0.6 is 7.75 Å². The second-order valence-electron chi connectivity index (χ2n) is 10.6. The molecule has 3 fully saturated rings. The summed E-state index contributed by atoms with van der Waals surface area (Å²) in [6.45, 7) is 6.79. The number of fused-ring (bicyclic) bond motifs is 4. The van der Waals surface area contributed by atoms with Gasteiger partial charge in [0.2, 0.25) is 0 Å². The molecular weight excluding hydrogens is 465 g/mol. The zero-order chi connectivity index (χ0) is 24.9. The first-order valence-corrected chi connectivity index (χ1v) is 14.3. The van der Waals surface area contributed by atoms with Gasteiger partial charge in [-0.2, -0.15) is 0 Å². The highest BCUT2D eigenvalue weighted by Gasteiger charge is 2.51. The molecule has 4 bridgehead atoms. The van der Waals surface area contributed by atoms with E-state index in [0.717, 1.165) is 48.9 Å². The van der Waals surface area contributed by atoms with Gasteiger partial charge in [0, 0.05) is 56.7 Å². The number of piperidine rings is 2. The van der Waals surface area contributed by atoms with E-state index < -0.39 is 7.75 Å². The van der Waals surface area contributed by atoms with Crippen molar-refractivity contribution in [3.05, 3.63) is 29.5 Å². The van der Waals surface area contributed by atoms with Gasteiger partial charge >= 0.3 is 13.7 Å². The topological polar surface area (TPSA) is 73.2 Å². The third-order valence-electron chi connectivity index (χ3n) is 8.15. The zero-order valence-electron chi connectivity index (χ0n) is 21.5. The molecule has 192 valence electrons. The van der Waals surface area contributed by atoms with E-state index in [9.17, 15) is 9.36 Å². The lowest BCUT2D eigenvalue weighted by Gasteiger charge is -2.53. The third-order valence-corrected chi connectivity index (χ3v) is 10.0. The fraction of sp³-hybridized carbons (Fsp3) is 0.654. The summed E-state index contributed by atoms with van der Waals surface area (Å²) < 4.78 is 33.5. The van der Waals surface area contributed by atoms with Crippen molar-refractivity contribution >= 4 is 24.6 Å². The van der Waals surface area contributed by atoms with Crippen molar-refractivity contribution in [1.82, 2.24) is 14.1 Å². The quantitative estimate of drug-likeness (QED) is 0.298. The highest BCUT2D eigenvalue weighted by atomic mass is 31.2. The molecule has 1 saturated carbocycles. The summed E-state index contributed by atoms with van der Waals surface area (Å²) in [5.41, 5.74) is 3.12. The maximum atomic E-state index is 14.4. The second-order valence-corrected chi connectivity index (χ2v) is 12.5. The molecule has 9 heteroatoms. The number of carbonyl (C=O) groups is 1. The van der Waals surface area contributed by atoms with Crippen LogP contribution in [0.1, 0.15) is 50.3 Å². The lowest BCUT2D eigenvalue weighted by atomic mass is 9.65. The van der Waals surface area contributed by atoms with Crippen LogP contribution in [0.3, 0.4) is 0 Å². The number of benzene rings is 1. The van der Waals surface area contributed by atoms with Gasteiger partial charge in [0.1, 0.15) is 5.75 Å². The second kappa shape index (κ2) is 9.64. The number of aromatic nitrogens is 1.